The van der Waals surface area contributed by atoms with E-state index in [1.807, 2.05) is 6.07 Å². The van der Waals surface area contributed by atoms with E-state index in [2.05, 4.69) is 21.9 Å². The fourth-order valence-electron chi connectivity index (χ4n) is 1.25. The summed E-state index contributed by atoms with van der Waals surface area (Å²) >= 11 is 0. The van der Waals surface area contributed by atoms with E-state index in [1.165, 1.54) is 12.4 Å². The van der Waals surface area contributed by atoms with E-state index in [1.54, 1.807) is 18.2 Å². The molecule has 0 fully saturated rings. The zero-order chi connectivity index (χ0) is 11.4. The summed E-state index contributed by atoms with van der Waals surface area (Å²) in [6.45, 7) is 0. The number of amides is 1. The highest BCUT2D eigenvalue weighted by molar-refractivity contribution is 6.15. The van der Waals surface area contributed by atoms with Crippen molar-refractivity contribution in [3.63, 3.8) is 0 Å². The van der Waals surface area contributed by atoms with Gasteiger partial charge in [0.25, 0.3) is 5.91 Å². The molecule has 1 aromatic carbocycles. The number of para-hydroxylation sites is 1. The van der Waals surface area contributed by atoms with Crippen molar-refractivity contribution in [2.75, 3.05) is 5.32 Å². The molecule has 1 heterocycles. The van der Waals surface area contributed by atoms with Crippen molar-refractivity contribution in [1.82, 2.24) is 5.43 Å². The van der Waals surface area contributed by atoms with Gasteiger partial charge < -0.3 is 5.32 Å². The molecule has 0 atom stereocenters. The van der Waals surface area contributed by atoms with Crippen molar-refractivity contribution >= 4 is 17.8 Å². The molecule has 0 aromatic heterocycles. The minimum absolute atomic E-state index is 0.262. The molecule has 0 saturated carbocycles. The van der Waals surface area contributed by atoms with Crippen molar-refractivity contribution in [3.8, 4) is 6.07 Å². The maximum absolute atomic E-state index is 11.1. The van der Waals surface area contributed by atoms with Gasteiger partial charge in [0.2, 0.25) is 0 Å². The molecule has 5 heteroatoms. The third-order valence-corrected chi connectivity index (χ3v) is 2.06. The van der Waals surface area contributed by atoms with Crippen LogP contribution in [0.15, 0.2) is 41.1 Å². The SMILES string of the molecule is N#Cc1ccccc1NC=C1C=NNC1=O. The predicted octanol–water partition coefficient (Wildman–Crippen LogP) is 0.970. The summed E-state index contributed by atoms with van der Waals surface area (Å²) in [5.41, 5.74) is 3.90. The van der Waals surface area contributed by atoms with Gasteiger partial charge in [-0.05, 0) is 12.1 Å². The zero-order valence-electron chi connectivity index (χ0n) is 8.27. The largest absolute Gasteiger partial charge is 0.360 e. The first-order valence-electron chi connectivity index (χ1n) is 4.60. The molecule has 2 rings (SSSR count). The third kappa shape index (κ3) is 1.91. The maximum atomic E-state index is 11.1. The second-order valence-corrected chi connectivity index (χ2v) is 3.10. The number of nitrogens with one attached hydrogen (secondary N) is 2. The number of nitriles is 1. The summed E-state index contributed by atoms with van der Waals surface area (Å²) < 4.78 is 0. The molecule has 0 spiro atoms. The molecule has 1 aliphatic rings. The Bertz CT molecular complexity index is 525. The van der Waals surface area contributed by atoms with E-state index in [0.29, 0.717) is 16.8 Å². The van der Waals surface area contributed by atoms with Gasteiger partial charge in [0.1, 0.15) is 6.07 Å². The van der Waals surface area contributed by atoms with E-state index in [-0.39, 0.29) is 5.91 Å². The first kappa shape index (κ1) is 9.93. The summed E-state index contributed by atoms with van der Waals surface area (Å²) in [4.78, 5) is 11.1. The van der Waals surface area contributed by atoms with Gasteiger partial charge in [0.05, 0.1) is 23.0 Å². The quantitative estimate of drug-likeness (QED) is 0.717. The van der Waals surface area contributed by atoms with Crippen LogP contribution in [0.2, 0.25) is 0 Å². The van der Waals surface area contributed by atoms with Gasteiger partial charge in [-0.1, -0.05) is 12.1 Å². The summed E-state index contributed by atoms with van der Waals surface area (Å²) in [6, 6.07) is 9.11. The molecule has 0 radical (unpaired) electrons. The Hall–Kier alpha value is -2.61. The van der Waals surface area contributed by atoms with E-state index < -0.39 is 0 Å². The summed E-state index contributed by atoms with van der Waals surface area (Å²) in [6.07, 6.45) is 2.94. The van der Waals surface area contributed by atoms with Crippen LogP contribution in [0, 0.1) is 11.3 Å². The van der Waals surface area contributed by atoms with Crippen LogP contribution < -0.4 is 10.7 Å². The molecule has 0 unspecified atom stereocenters. The Morgan fingerprint density at radius 2 is 2.25 bits per heavy atom. The summed E-state index contributed by atoms with van der Waals surface area (Å²) in [7, 11) is 0. The van der Waals surface area contributed by atoms with Crippen molar-refractivity contribution in [2.45, 2.75) is 0 Å². The van der Waals surface area contributed by atoms with Crippen LogP contribution in [-0.4, -0.2) is 12.1 Å². The Morgan fingerprint density at radius 1 is 1.44 bits per heavy atom. The van der Waals surface area contributed by atoms with Gasteiger partial charge in [-0.25, -0.2) is 5.43 Å². The number of hydrogen-bond donors (Lipinski definition) is 2. The average molecular weight is 212 g/mol. The highest BCUT2D eigenvalue weighted by atomic mass is 16.2. The number of hydrogen-bond acceptors (Lipinski definition) is 4. The molecule has 16 heavy (non-hydrogen) atoms. The Balaban J connectivity index is 2.19. The topological polar surface area (TPSA) is 77.3 Å². The molecule has 1 aliphatic heterocycles. The van der Waals surface area contributed by atoms with E-state index in [0.717, 1.165) is 0 Å². The Morgan fingerprint density at radius 3 is 2.94 bits per heavy atom. The van der Waals surface area contributed by atoms with Gasteiger partial charge in [0, 0.05) is 6.20 Å². The molecule has 2 N–H and O–H groups in total. The van der Waals surface area contributed by atoms with Crippen molar-refractivity contribution in [2.24, 2.45) is 5.10 Å². The van der Waals surface area contributed by atoms with Crippen LogP contribution in [0.5, 0.6) is 0 Å². The lowest BCUT2D eigenvalue weighted by Crippen LogP contribution is -2.12. The molecule has 0 bridgehead atoms. The number of nitrogens with zero attached hydrogens (tertiary/aromatic N) is 2. The minimum atomic E-state index is -0.262. The van der Waals surface area contributed by atoms with E-state index >= 15 is 0 Å². The predicted molar refractivity (Wildman–Crippen MR) is 59.5 cm³/mol. The highest BCUT2D eigenvalue weighted by Gasteiger charge is 2.11. The van der Waals surface area contributed by atoms with Crippen LogP contribution >= 0.6 is 0 Å². The van der Waals surface area contributed by atoms with Gasteiger partial charge in [0.15, 0.2) is 0 Å². The summed E-state index contributed by atoms with van der Waals surface area (Å²) in [5, 5.41) is 15.3. The molecule has 0 saturated heterocycles. The molecule has 1 aromatic rings. The molecule has 5 nitrogen and oxygen atoms in total. The lowest BCUT2D eigenvalue weighted by Gasteiger charge is -2.02. The first-order valence-corrected chi connectivity index (χ1v) is 4.60. The smallest absolute Gasteiger partial charge is 0.274 e. The molecule has 0 aliphatic carbocycles. The number of carbonyl (C=O) groups excluding carboxylic acids is 1. The van der Waals surface area contributed by atoms with E-state index in [4.69, 9.17) is 5.26 Å². The zero-order valence-corrected chi connectivity index (χ0v) is 8.27. The van der Waals surface area contributed by atoms with Crippen molar-refractivity contribution in [3.05, 3.63) is 41.6 Å². The Kier molecular flexibility index (Phi) is 2.65. The lowest BCUT2D eigenvalue weighted by atomic mass is 10.2. The maximum Gasteiger partial charge on any atom is 0.274 e. The second kappa shape index (κ2) is 4.28. The van der Waals surface area contributed by atoms with Crippen LogP contribution in [-0.2, 0) is 4.79 Å². The van der Waals surface area contributed by atoms with Gasteiger partial charge in [-0.2, -0.15) is 10.4 Å². The number of anilines is 1. The number of carbonyl (C=O) groups is 1. The van der Waals surface area contributed by atoms with Crippen LogP contribution in [0.4, 0.5) is 5.69 Å². The standard InChI is InChI=1S/C11H8N4O/c12-5-8-3-1-2-4-10(8)13-6-9-7-14-15-11(9)16/h1-4,6-7,13H,(H,15,16). The molecule has 78 valence electrons. The molecular formula is C11H8N4O. The molecular weight excluding hydrogens is 204 g/mol. The fourth-order valence-corrected chi connectivity index (χ4v) is 1.25. The lowest BCUT2D eigenvalue weighted by molar-refractivity contribution is -0.116. The fraction of sp³-hybridized carbons (Fsp3) is 0. The van der Waals surface area contributed by atoms with Crippen LogP contribution in [0.3, 0.4) is 0 Å². The number of hydrazone groups is 1. The third-order valence-electron chi connectivity index (χ3n) is 2.06. The van der Waals surface area contributed by atoms with E-state index in [9.17, 15) is 4.79 Å². The minimum Gasteiger partial charge on any atom is -0.360 e. The van der Waals surface area contributed by atoms with Gasteiger partial charge in [-0.3, -0.25) is 4.79 Å². The highest BCUT2D eigenvalue weighted by Crippen LogP contribution is 2.13. The number of rotatable bonds is 2. The normalized spacial score (nSPS) is 15.9. The number of benzene rings is 1. The van der Waals surface area contributed by atoms with Gasteiger partial charge >= 0.3 is 0 Å². The van der Waals surface area contributed by atoms with Crippen molar-refractivity contribution < 1.29 is 4.79 Å². The second-order valence-electron chi connectivity index (χ2n) is 3.10. The molecule has 1 amide bonds. The summed E-state index contributed by atoms with van der Waals surface area (Å²) in [5.74, 6) is -0.262. The monoisotopic (exact) mass is 212 g/mol. The average Bonchev–Trinajstić information content (AvgIpc) is 2.72. The first-order chi connectivity index (χ1) is 7.81. The van der Waals surface area contributed by atoms with Crippen molar-refractivity contribution in [1.29, 1.82) is 5.26 Å². The van der Waals surface area contributed by atoms with Gasteiger partial charge in [-0.15, -0.1) is 0 Å². The van der Waals surface area contributed by atoms with Crippen LogP contribution in [0.1, 0.15) is 5.56 Å². The Labute approximate surface area is 92.1 Å². The van der Waals surface area contributed by atoms with Crippen LogP contribution in [0.25, 0.3) is 0 Å².